The SMILES string of the molecule is CC(C)c1cccc(C(C)C)c1NN=Cc1ccccc1C1C=CC=C1N(C)C. The van der Waals surface area contributed by atoms with Gasteiger partial charge >= 0.3 is 0 Å². The zero-order chi connectivity index (χ0) is 21.0. The van der Waals surface area contributed by atoms with Crippen LogP contribution in [0.3, 0.4) is 0 Å². The fourth-order valence-corrected chi connectivity index (χ4v) is 3.92. The van der Waals surface area contributed by atoms with Gasteiger partial charge < -0.3 is 4.90 Å². The summed E-state index contributed by atoms with van der Waals surface area (Å²) in [5.74, 6) is 1.15. The van der Waals surface area contributed by atoms with E-state index in [1.54, 1.807) is 0 Å². The van der Waals surface area contributed by atoms with Crippen LogP contribution in [0.4, 0.5) is 5.69 Å². The van der Waals surface area contributed by atoms with Crippen molar-refractivity contribution in [3.05, 3.63) is 88.6 Å². The molecular weight excluding hydrogens is 354 g/mol. The highest BCUT2D eigenvalue weighted by molar-refractivity contribution is 5.83. The Morgan fingerprint density at radius 3 is 2.21 bits per heavy atom. The number of likely N-dealkylation sites (N-methyl/N-ethyl adjacent to an activating group) is 1. The summed E-state index contributed by atoms with van der Waals surface area (Å²) >= 11 is 0. The molecule has 0 aliphatic heterocycles. The first-order valence-electron chi connectivity index (χ1n) is 10.5. The van der Waals surface area contributed by atoms with Gasteiger partial charge in [-0.2, -0.15) is 5.10 Å². The lowest BCUT2D eigenvalue weighted by atomic mass is 9.93. The lowest BCUT2D eigenvalue weighted by Crippen LogP contribution is -2.16. The van der Waals surface area contributed by atoms with E-state index in [2.05, 4.69) is 118 Å². The molecule has 29 heavy (non-hydrogen) atoms. The first-order chi connectivity index (χ1) is 13.9. The second kappa shape index (κ2) is 9.13. The number of allylic oxidation sites excluding steroid dienone is 3. The van der Waals surface area contributed by atoms with E-state index in [0.717, 1.165) is 11.3 Å². The number of rotatable bonds is 7. The highest BCUT2D eigenvalue weighted by Gasteiger charge is 2.20. The van der Waals surface area contributed by atoms with Gasteiger partial charge in [0.25, 0.3) is 0 Å². The minimum absolute atomic E-state index is 0.266. The van der Waals surface area contributed by atoms with E-state index in [4.69, 9.17) is 0 Å². The minimum Gasteiger partial charge on any atom is -0.380 e. The van der Waals surface area contributed by atoms with Crippen LogP contribution < -0.4 is 5.43 Å². The molecule has 0 radical (unpaired) electrons. The van der Waals surface area contributed by atoms with E-state index >= 15 is 0 Å². The third-order valence-electron chi connectivity index (χ3n) is 5.49. The molecule has 2 aromatic carbocycles. The topological polar surface area (TPSA) is 27.6 Å². The van der Waals surface area contributed by atoms with Crippen molar-refractivity contribution in [2.24, 2.45) is 5.10 Å². The summed E-state index contributed by atoms with van der Waals surface area (Å²) in [4.78, 5) is 2.19. The van der Waals surface area contributed by atoms with Gasteiger partial charge in [0.15, 0.2) is 0 Å². The summed E-state index contributed by atoms with van der Waals surface area (Å²) in [6.45, 7) is 8.91. The van der Waals surface area contributed by atoms with E-state index in [9.17, 15) is 0 Å². The van der Waals surface area contributed by atoms with Crippen LogP contribution in [0, 0.1) is 0 Å². The number of anilines is 1. The highest BCUT2D eigenvalue weighted by Crippen LogP contribution is 2.34. The van der Waals surface area contributed by atoms with Crippen LogP contribution >= 0.6 is 0 Å². The third-order valence-corrected chi connectivity index (χ3v) is 5.49. The maximum absolute atomic E-state index is 4.67. The molecule has 1 unspecified atom stereocenters. The largest absolute Gasteiger partial charge is 0.380 e. The van der Waals surface area contributed by atoms with Gasteiger partial charge in [-0.25, -0.2) is 0 Å². The van der Waals surface area contributed by atoms with Crippen molar-refractivity contribution in [1.29, 1.82) is 0 Å². The zero-order valence-electron chi connectivity index (χ0n) is 18.5. The molecule has 3 nitrogen and oxygen atoms in total. The molecule has 3 rings (SSSR count). The molecule has 1 aliphatic rings. The lowest BCUT2D eigenvalue weighted by molar-refractivity contribution is 0.487. The molecule has 0 bridgehead atoms. The van der Waals surface area contributed by atoms with Crippen molar-refractivity contribution < 1.29 is 0 Å². The summed E-state index contributed by atoms with van der Waals surface area (Å²) in [5, 5.41) is 4.67. The van der Waals surface area contributed by atoms with Crippen LogP contribution in [-0.2, 0) is 0 Å². The normalized spacial score (nSPS) is 16.1. The quantitative estimate of drug-likeness (QED) is 0.435. The fraction of sp³-hybridized carbons (Fsp3) is 0.346. The van der Waals surface area contributed by atoms with Gasteiger partial charge in [-0.1, -0.05) is 82.3 Å². The molecular formula is C26H33N3. The first-order valence-corrected chi connectivity index (χ1v) is 10.5. The highest BCUT2D eigenvalue weighted by atomic mass is 15.3. The molecule has 0 amide bonds. The maximum atomic E-state index is 4.67. The van der Waals surface area contributed by atoms with Gasteiger partial charge in [-0.3, -0.25) is 5.43 Å². The molecule has 152 valence electrons. The number of hydrogen-bond acceptors (Lipinski definition) is 3. The molecule has 0 spiro atoms. The van der Waals surface area contributed by atoms with Crippen LogP contribution in [0.2, 0.25) is 0 Å². The van der Waals surface area contributed by atoms with Gasteiger partial charge in [0.2, 0.25) is 0 Å². The van der Waals surface area contributed by atoms with Gasteiger partial charge in [-0.05, 0) is 40.2 Å². The Balaban J connectivity index is 1.90. The average molecular weight is 388 g/mol. The average Bonchev–Trinajstić information content (AvgIpc) is 3.18. The number of nitrogens with zero attached hydrogens (tertiary/aromatic N) is 2. The van der Waals surface area contributed by atoms with Crippen molar-refractivity contribution in [3.8, 4) is 0 Å². The summed E-state index contributed by atoms with van der Waals surface area (Å²) in [6.07, 6.45) is 8.53. The molecule has 2 aromatic rings. The lowest BCUT2D eigenvalue weighted by Gasteiger charge is -2.23. The molecule has 3 heteroatoms. The predicted molar refractivity (Wildman–Crippen MR) is 126 cm³/mol. The zero-order valence-corrected chi connectivity index (χ0v) is 18.5. The second-order valence-corrected chi connectivity index (χ2v) is 8.47. The summed E-state index contributed by atoms with van der Waals surface area (Å²) in [5.41, 5.74) is 10.8. The minimum atomic E-state index is 0.266. The van der Waals surface area contributed by atoms with Gasteiger partial charge in [-0.15, -0.1) is 0 Å². The van der Waals surface area contributed by atoms with E-state index in [0.29, 0.717) is 11.8 Å². The van der Waals surface area contributed by atoms with E-state index in [1.165, 1.54) is 22.4 Å². The standard InChI is InChI=1S/C26H33N3/c1-18(2)21-13-9-14-22(19(3)4)26(21)28-27-17-20-11-7-8-12-23(20)24-15-10-16-25(24)29(5)6/h7-19,24,28H,1-6H3. The third kappa shape index (κ3) is 4.61. The number of para-hydroxylation sites is 1. The van der Waals surface area contributed by atoms with Gasteiger partial charge in [0.05, 0.1) is 11.9 Å². The molecule has 0 saturated heterocycles. The number of benzene rings is 2. The van der Waals surface area contributed by atoms with Crippen LogP contribution in [0.25, 0.3) is 0 Å². The van der Waals surface area contributed by atoms with Gasteiger partial charge in [0, 0.05) is 25.7 Å². The molecule has 0 aromatic heterocycles. The Kier molecular flexibility index (Phi) is 6.58. The van der Waals surface area contributed by atoms with Crippen LogP contribution in [0.5, 0.6) is 0 Å². The number of hydrogen-bond donors (Lipinski definition) is 1. The van der Waals surface area contributed by atoms with Crippen molar-refractivity contribution in [1.82, 2.24) is 4.90 Å². The molecule has 1 aliphatic carbocycles. The predicted octanol–water partition coefficient (Wildman–Crippen LogP) is 6.48. The maximum Gasteiger partial charge on any atom is 0.0630 e. The molecule has 0 heterocycles. The first kappa shape index (κ1) is 20.9. The smallest absolute Gasteiger partial charge is 0.0630 e. The van der Waals surface area contributed by atoms with E-state index < -0.39 is 0 Å². The Bertz CT molecular complexity index is 906. The Morgan fingerprint density at radius 2 is 1.59 bits per heavy atom. The fourth-order valence-electron chi connectivity index (χ4n) is 3.92. The van der Waals surface area contributed by atoms with Crippen LogP contribution in [0.15, 0.2) is 71.5 Å². The van der Waals surface area contributed by atoms with Crippen LogP contribution in [-0.4, -0.2) is 25.2 Å². The Hall–Kier alpha value is -2.81. The van der Waals surface area contributed by atoms with Crippen molar-refractivity contribution in [2.75, 3.05) is 19.5 Å². The Morgan fingerprint density at radius 1 is 0.931 bits per heavy atom. The summed E-state index contributed by atoms with van der Waals surface area (Å²) < 4.78 is 0. The molecule has 1 N–H and O–H groups in total. The Labute approximate surface area is 175 Å². The van der Waals surface area contributed by atoms with E-state index in [1.807, 2.05) is 6.21 Å². The summed E-state index contributed by atoms with van der Waals surface area (Å²) in [7, 11) is 4.20. The van der Waals surface area contributed by atoms with Crippen LogP contribution in [0.1, 0.15) is 67.7 Å². The molecule has 1 atom stereocenters. The van der Waals surface area contributed by atoms with Crippen molar-refractivity contribution >= 4 is 11.9 Å². The van der Waals surface area contributed by atoms with E-state index in [-0.39, 0.29) is 5.92 Å². The second-order valence-electron chi connectivity index (χ2n) is 8.47. The molecule has 0 saturated carbocycles. The van der Waals surface area contributed by atoms with Gasteiger partial charge in [0.1, 0.15) is 0 Å². The summed E-state index contributed by atoms with van der Waals surface area (Å²) in [6, 6.07) is 15.0. The monoisotopic (exact) mass is 387 g/mol. The van der Waals surface area contributed by atoms with Crippen molar-refractivity contribution in [3.63, 3.8) is 0 Å². The molecule has 0 fully saturated rings. The van der Waals surface area contributed by atoms with Crippen molar-refractivity contribution in [2.45, 2.75) is 45.4 Å². The number of nitrogens with one attached hydrogen (secondary N) is 1. The number of hydrazone groups is 1.